The van der Waals surface area contributed by atoms with E-state index in [2.05, 4.69) is 36.2 Å². The lowest BCUT2D eigenvalue weighted by molar-refractivity contribution is 0.412. The lowest BCUT2D eigenvalue weighted by atomic mass is 10.2. The molecule has 0 radical (unpaired) electrons. The summed E-state index contributed by atoms with van der Waals surface area (Å²) in [6, 6.07) is 11.2. The van der Waals surface area contributed by atoms with Crippen LogP contribution in [0.4, 0.5) is 0 Å². The fraction of sp³-hybridized carbons (Fsp3) is 0.0667. The molecule has 0 aliphatic heterocycles. The molecule has 23 heavy (non-hydrogen) atoms. The SMILES string of the molecule is COc1ccc(C=Nn2c(-c3ccccn3)n[nH]c2=S)cc1Br. The molecule has 3 aromatic rings. The van der Waals surface area contributed by atoms with Crippen molar-refractivity contribution in [1.82, 2.24) is 19.9 Å². The first kappa shape index (κ1) is 15.6. The van der Waals surface area contributed by atoms with Crippen LogP contribution in [0, 0.1) is 4.77 Å². The van der Waals surface area contributed by atoms with E-state index in [9.17, 15) is 0 Å². The molecule has 0 fully saturated rings. The van der Waals surface area contributed by atoms with Crippen molar-refractivity contribution < 1.29 is 4.74 Å². The number of rotatable bonds is 4. The first-order chi connectivity index (χ1) is 11.2. The average Bonchev–Trinajstić information content (AvgIpc) is 2.94. The van der Waals surface area contributed by atoms with Crippen molar-refractivity contribution in [3.05, 3.63) is 57.4 Å². The molecule has 0 bridgehead atoms. The van der Waals surface area contributed by atoms with Crippen LogP contribution in [-0.2, 0) is 0 Å². The van der Waals surface area contributed by atoms with Crippen LogP contribution < -0.4 is 4.74 Å². The summed E-state index contributed by atoms with van der Waals surface area (Å²) >= 11 is 8.68. The van der Waals surface area contributed by atoms with Gasteiger partial charge < -0.3 is 4.74 Å². The first-order valence-corrected chi connectivity index (χ1v) is 7.86. The van der Waals surface area contributed by atoms with Crippen molar-refractivity contribution in [3.63, 3.8) is 0 Å². The van der Waals surface area contributed by atoms with Crippen LogP contribution in [0.25, 0.3) is 11.5 Å². The Morgan fingerprint density at radius 3 is 2.91 bits per heavy atom. The standard InChI is InChI=1S/C15H12BrN5OS/c1-22-13-6-5-10(8-11(13)16)9-18-21-14(19-20-15(21)23)12-4-2-3-7-17-12/h2-9H,1H3,(H,20,23). The summed E-state index contributed by atoms with van der Waals surface area (Å²) in [4.78, 5) is 4.27. The number of halogens is 1. The smallest absolute Gasteiger partial charge is 0.216 e. The van der Waals surface area contributed by atoms with E-state index in [0.29, 0.717) is 16.3 Å². The van der Waals surface area contributed by atoms with Crippen LogP contribution in [0.3, 0.4) is 0 Å². The maximum absolute atomic E-state index is 5.23. The molecule has 0 amide bonds. The van der Waals surface area contributed by atoms with Gasteiger partial charge in [0.1, 0.15) is 11.4 Å². The molecule has 0 unspecified atom stereocenters. The fourth-order valence-corrected chi connectivity index (χ4v) is 2.68. The molecule has 8 heteroatoms. The number of aromatic amines is 1. The van der Waals surface area contributed by atoms with Crippen LogP contribution in [0.5, 0.6) is 5.75 Å². The van der Waals surface area contributed by atoms with E-state index in [-0.39, 0.29) is 0 Å². The van der Waals surface area contributed by atoms with Crippen molar-refractivity contribution >= 4 is 34.4 Å². The summed E-state index contributed by atoms with van der Waals surface area (Å²) in [5.74, 6) is 1.32. The van der Waals surface area contributed by atoms with Crippen molar-refractivity contribution in [3.8, 4) is 17.3 Å². The number of ether oxygens (including phenoxy) is 1. The molecule has 0 aliphatic carbocycles. The number of pyridine rings is 1. The number of nitrogens with zero attached hydrogens (tertiary/aromatic N) is 4. The number of aromatic nitrogens is 4. The van der Waals surface area contributed by atoms with Gasteiger partial charge in [-0.05, 0) is 64.0 Å². The lowest BCUT2D eigenvalue weighted by Crippen LogP contribution is -1.96. The van der Waals surface area contributed by atoms with Crippen LogP contribution in [0.1, 0.15) is 5.56 Å². The minimum absolute atomic E-state index is 0.398. The molecule has 0 saturated carbocycles. The minimum Gasteiger partial charge on any atom is -0.496 e. The highest BCUT2D eigenvalue weighted by atomic mass is 79.9. The third-order valence-corrected chi connectivity index (χ3v) is 3.93. The molecule has 0 saturated heterocycles. The lowest BCUT2D eigenvalue weighted by Gasteiger charge is -2.03. The van der Waals surface area contributed by atoms with E-state index in [1.165, 1.54) is 4.68 Å². The van der Waals surface area contributed by atoms with E-state index >= 15 is 0 Å². The Morgan fingerprint density at radius 2 is 2.22 bits per heavy atom. The molecule has 1 aromatic carbocycles. The Morgan fingerprint density at radius 1 is 1.35 bits per heavy atom. The number of H-pyrrole nitrogens is 1. The topological polar surface area (TPSA) is 68.1 Å². The molecule has 0 atom stereocenters. The molecule has 116 valence electrons. The molecule has 0 spiro atoms. The second-order valence-electron chi connectivity index (χ2n) is 4.52. The van der Waals surface area contributed by atoms with Gasteiger partial charge in [0.05, 0.1) is 17.8 Å². The predicted octanol–water partition coefficient (Wildman–Crippen LogP) is 3.66. The number of nitrogens with one attached hydrogen (secondary N) is 1. The van der Waals surface area contributed by atoms with Gasteiger partial charge in [-0.2, -0.15) is 14.9 Å². The summed E-state index contributed by atoms with van der Waals surface area (Å²) in [5, 5.41) is 11.3. The molecule has 2 aromatic heterocycles. The van der Waals surface area contributed by atoms with Gasteiger partial charge in [-0.1, -0.05) is 6.07 Å². The quantitative estimate of drug-likeness (QED) is 0.546. The fourth-order valence-electron chi connectivity index (χ4n) is 1.95. The van der Waals surface area contributed by atoms with Crippen molar-refractivity contribution in [2.75, 3.05) is 7.11 Å². The monoisotopic (exact) mass is 389 g/mol. The number of hydrogen-bond acceptors (Lipinski definition) is 5. The Kier molecular flexibility index (Phi) is 4.63. The Bertz CT molecular complexity index is 904. The predicted molar refractivity (Wildman–Crippen MR) is 94.3 cm³/mol. The first-order valence-electron chi connectivity index (χ1n) is 6.66. The maximum atomic E-state index is 5.23. The second kappa shape index (κ2) is 6.84. The molecular weight excluding hydrogens is 378 g/mol. The Hall–Kier alpha value is -2.32. The average molecular weight is 390 g/mol. The number of hydrogen-bond donors (Lipinski definition) is 1. The van der Waals surface area contributed by atoms with Crippen LogP contribution in [0.2, 0.25) is 0 Å². The Labute approximate surface area is 146 Å². The second-order valence-corrected chi connectivity index (χ2v) is 5.76. The third-order valence-electron chi connectivity index (χ3n) is 3.04. The van der Waals surface area contributed by atoms with E-state index in [1.807, 2.05) is 36.4 Å². The van der Waals surface area contributed by atoms with Gasteiger partial charge in [0.2, 0.25) is 10.6 Å². The van der Waals surface area contributed by atoms with Gasteiger partial charge in [-0.3, -0.25) is 4.98 Å². The minimum atomic E-state index is 0.398. The van der Waals surface area contributed by atoms with E-state index in [4.69, 9.17) is 17.0 Å². The largest absolute Gasteiger partial charge is 0.496 e. The highest BCUT2D eigenvalue weighted by Gasteiger charge is 2.08. The Balaban J connectivity index is 1.96. The maximum Gasteiger partial charge on any atom is 0.216 e. The van der Waals surface area contributed by atoms with Gasteiger partial charge in [-0.25, -0.2) is 5.10 Å². The summed E-state index contributed by atoms with van der Waals surface area (Å²) in [6.07, 6.45) is 3.39. The van der Waals surface area contributed by atoms with Crippen LogP contribution in [0.15, 0.2) is 52.2 Å². The molecule has 2 heterocycles. The van der Waals surface area contributed by atoms with E-state index in [0.717, 1.165) is 15.8 Å². The zero-order chi connectivity index (χ0) is 16.2. The normalized spacial score (nSPS) is 11.0. The summed E-state index contributed by atoms with van der Waals surface area (Å²) in [7, 11) is 1.62. The van der Waals surface area contributed by atoms with Crippen molar-refractivity contribution in [2.45, 2.75) is 0 Å². The third kappa shape index (κ3) is 3.38. The molecule has 3 rings (SSSR count). The van der Waals surface area contributed by atoms with Gasteiger partial charge >= 0.3 is 0 Å². The number of methoxy groups -OCH3 is 1. The molecule has 1 N–H and O–H groups in total. The zero-order valence-electron chi connectivity index (χ0n) is 12.1. The van der Waals surface area contributed by atoms with Crippen molar-refractivity contribution in [2.24, 2.45) is 5.10 Å². The summed E-state index contributed by atoms with van der Waals surface area (Å²) in [5.41, 5.74) is 1.58. The van der Waals surface area contributed by atoms with Gasteiger partial charge in [-0.15, -0.1) is 0 Å². The summed E-state index contributed by atoms with van der Waals surface area (Å²) < 4.78 is 8.00. The number of benzene rings is 1. The van der Waals surface area contributed by atoms with Crippen LogP contribution >= 0.6 is 28.1 Å². The van der Waals surface area contributed by atoms with E-state index < -0.39 is 0 Å². The van der Waals surface area contributed by atoms with Crippen molar-refractivity contribution in [1.29, 1.82) is 0 Å². The molecular formula is C15H12BrN5OS. The zero-order valence-corrected chi connectivity index (χ0v) is 14.5. The highest BCUT2D eigenvalue weighted by molar-refractivity contribution is 9.10. The van der Waals surface area contributed by atoms with Gasteiger partial charge in [0, 0.05) is 6.20 Å². The molecule has 6 nitrogen and oxygen atoms in total. The van der Waals surface area contributed by atoms with E-state index in [1.54, 1.807) is 19.5 Å². The summed E-state index contributed by atoms with van der Waals surface area (Å²) in [6.45, 7) is 0. The van der Waals surface area contributed by atoms with Gasteiger partial charge in [0.15, 0.2) is 0 Å². The highest BCUT2D eigenvalue weighted by Crippen LogP contribution is 2.25. The van der Waals surface area contributed by atoms with Gasteiger partial charge in [0.25, 0.3) is 0 Å². The molecule has 0 aliphatic rings. The van der Waals surface area contributed by atoms with Crippen LogP contribution in [-0.4, -0.2) is 33.2 Å².